The Bertz CT molecular complexity index is 294. The summed E-state index contributed by atoms with van der Waals surface area (Å²) in [7, 11) is 1.27. The largest absolute Gasteiger partial charge is 0.464 e. The predicted molar refractivity (Wildman–Crippen MR) is 64.1 cm³/mol. The molecule has 0 saturated carbocycles. The van der Waals surface area contributed by atoms with E-state index in [1.165, 1.54) is 7.11 Å². The van der Waals surface area contributed by atoms with Crippen LogP contribution in [0.25, 0.3) is 0 Å². The van der Waals surface area contributed by atoms with Crippen molar-refractivity contribution in [2.45, 2.75) is 38.8 Å². The van der Waals surface area contributed by atoms with Crippen LogP contribution in [0.4, 0.5) is 4.79 Å². The summed E-state index contributed by atoms with van der Waals surface area (Å²) in [5.74, 6) is -0.395. The van der Waals surface area contributed by atoms with E-state index >= 15 is 0 Å². The first-order valence-corrected chi connectivity index (χ1v) is 6.21. The Morgan fingerprint density at radius 3 is 2.78 bits per heavy atom. The van der Waals surface area contributed by atoms with Crippen LogP contribution in [0.1, 0.15) is 26.7 Å². The number of hydrogen-bond acceptors (Lipinski definition) is 5. The lowest BCUT2D eigenvalue weighted by Gasteiger charge is -2.32. The SMILES string of the molecule is CCOC(=O)C(NC(=O)OC)[C@H]1CCO[C@@H](C)C1. The van der Waals surface area contributed by atoms with Gasteiger partial charge in [-0.2, -0.15) is 0 Å². The summed E-state index contributed by atoms with van der Waals surface area (Å²) >= 11 is 0. The molecule has 0 spiro atoms. The molecule has 0 radical (unpaired) electrons. The van der Waals surface area contributed by atoms with Crippen LogP contribution < -0.4 is 5.32 Å². The summed E-state index contributed by atoms with van der Waals surface area (Å²) in [6.45, 7) is 4.56. The zero-order valence-electron chi connectivity index (χ0n) is 11.1. The van der Waals surface area contributed by atoms with E-state index in [0.29, 0.717) is 13.0 Å². The maximum absolute atomic E-state index is 11.9. The van der Waals surface area contributed by atoms with Crippen LogP contribution in [0, 0.1) is 5.92 Å². The Balaban J connectivity index is 2.68. The molecule has 6 heteroatoms. The van der Waals surface area contributed by atoms with Gasteiger partial charge in [0.15, 0.2) is 0 Å². The minimum Gasteiger partial charge on any atom is -0.464 e. The molecule has 1 rings (SSSR count). The molecule has 1 unspecified atom stereocenters. The zero-order valence-corrected chi connectivity index (χ0v) is 11.1. The van der Waals surface area contributed by atoms with Crippen LogP contribution in [0.2, 0.25) is 0 Å². The van der Waals surface area contributed by atoms with Gasteiger partial charge in [0.25, 0.3) is 0 Å². The van der Waals surface area contributed by atoms with E-state index in [0.717, 1.165) is 6.42 Å². The van der Waals surface area contributed by atoms with Crippen LogP contribution in [0.3, 0.4) is 0 Å². The van der Waals surface area contributed by atoms with E-state index in [9.17, 15) is 9.59 Å². The van der Waals surface area contributed by atoms with Gasteiger partial charge in [0.2, 0.25) is 0 Å². The molecule has 0 aromatic heterocycles. The predicted octanol–water partition coefficient (Wildman–Crippen LogP) is 1.09. The molecule has 1 heterocycles. The topological polar surface area (TPSA) is 73.9 Å². The molecule has 0 aliphatic carbocycles. The van der Waals surface area contributed by atoms with Crippen molar-refractivity contribution in [1.29, 1.82) is 0 Å². The summed E-state index contributed by atoms with van der Waals surface area (Å²) in [4.78, 5) is 23.2. The van der Waals surface area contributed by atoms with Crippen LogP contribution in [-0.2, 0) is 19.0 Å². The third kappa shape index (κ3) is 4.18. The van der Waals surface area contributed by atoms with Crippen molar-refractivity contribution in [3.05, 3.63) is 0 Å². The molecular weight excluding hydrogens is 238 g/mol. The zero-order chi connectivity index (χ0) is 13.5. The summed E-state index contributed by atoms with van der Waals surface area (Å²) in [5.41, 5.74) is 0. The van der Waals surface area contributed by atoms with Crippen molar-refractivity contribution in [3.63, 3.8) is 0 Å². The van der Waals surface area contributed by atoms with Crippen molar-refractivity contribution < 1.29 is 23.8 Å². The molecule has 18 heavy (non-hydrogen) atoms. The summed E-state index contributed by atoms with van der Waals surface area (Å²) < 4.78 is 15.0. The molecule has 1 amide bonds. The van der Waals surface area contributed by atoms with Gasteiger partial charge in [-0.25, -0.2) is 9.59 Å². The van der Waals surface area contributed by atoms with Crippen molar-refractivity contribution >= 4 is 12.1 Å². The van der Waals surface area contributed by atoms with Crippen LogP contribution in [-0.4, -0.2) is 44.5 Å². The number of carbonyl (C=O) groups is 2. The Hall–Kier alpha value is -1.30. The molecule has 3 atom stereocenters. The molecule has 0 aromatic carbocycles. The molecule has 0 bridgehead atoms. The minimum atomic E-state index is -0.663. The number of amides is 1. The molecular formula is C12H21NO5. The second-order valence-electron chi connectivity index (χ2n) is 4.33. The van der Waals surface area contributed by atoms with E-state index in [4.69, 9.17) is 9.47 Å². The van der Waals surface area contributed by atoms with Gasteiger partial charge in [-0.3, -0.25) is 0 Å². The van der Waals surface area contributed by atoms with E-state index in [2.05, 4.69) is 10.1 Å². The highest BCUT2D eigenvalue weighted by molar-refractivity contribution is 5.81. The normalized spacial score (nSPS) is 25.1. The number of carbonyl (C=O) groups excluding carboxylic acids is 2. The third-order valence-electron chi connectivity index (χ3n) is 3.00. The average molecular weight is 259 g/mol. The highest BCUT2D eigenvalue weighted by Gasteiger charge is 2.34. The van der Waals surface area contributed by atoms with E-state index in [-0.39, 0.29) is 18.6 Å². The number of hydrogen-bond donors (Lipinski definition) is 1. The average Bonchev–Trinajstić information content (AvgIpc) is 2.35. The lowest BCUT2D eigenvalue weighted by molar-refractivity contribution is -0.148. The molecule has 1 fully saturated rings. The molecule has 6 nitrogen and oxygen atoms in total. The summed E-state index contributed by atoms with van der Waals surface area (Å²) in [6, 6.07) is -0.663. The number of methoxy groups -OCH3 is 1. The quantitative estimate of drug-likeness (QED) is 0.765. The molecule has 104 valence electrons. The Morgan fingerprint density at radius 2 is 2.22 bits per heavy atom. The Labute approximate surface area is 107 Å². The standard InChI is InChI=1S/C12H21NO5/c1-4-17-11(14)10(13-12(15)16-3)9-5-6-18-8(2)7-9/h8-10H,4-7H2,1-3H3,(H,13,15)/t8-,9-,10?/m0/s1. The minimum absolute atomic E-state index is 0.0203. The molecule has 1 N–H and O–H groups in total. The summed E-state index contributed by atoms with van der Waals surface area (Å²) in [6.07, 6.45) is 0.901. The monoisotopic (exact) mass is 259 g/mol. The van der Waals surface area contributed by atoms with E-state index < -0.39 is 18.1 Å². The lowest BCUT2D eigenvalue weighted by atomic mass is 9.89. The highest BCUT2D eigenvalue weighted by atomic mass is 16.5. The van der Waals surface area contributed by atoms with Gasteiger partial charge >= 0.3 is 12.1 Å². The number of nitrogens with one attached hydrogen (secondary N) is 1. The Kier molecular flexibility index (Phi) is 5.91. The van der Waals surface area contributed by atoms with Crippen molar-refractivity contribution in [2.75, 3.05) is 20.3 Å². The van der Waals surface area contributed by atoms with Gasteiger partial charge in [0.1, 0.15) is 6.04 Å². The fraction of sp³-hybridized carbons (Fsp3) is 0.833. The number of rotatable bonds is 4. The van der Waals surface area contributed by atoms with Crippen LogP contribution >= 0.6 is 0 Å². The first-order chi connectivity index (χ1) is 8.58. The maximum Gasteiger partial charge on any atom is 0.407 e. The van der Waals surface area contributed by atoms with E-state index in [1.54, 1.807) is 6.92 Å². The van der Waals surface area contributed by atoms with Crippen LogP contribution in [0.15, 0.2) is 0 Å². The van der Waals surface area contributed by atoms with Crippen molar-refractivity contribution in [1.82, 2.24) is 5.32 Å². The Morgan fingerprint density at radius 1 is 1.50 bits per heavy atom. The van der Waals surface area contributed by atoms with Crippen molar-refractivity contribution in [2.24, 2.45) is 5.92 Å². The van der Waals surface area contributed by atoms with Gasteiger partial charge in [-0.05, 0) is 32.6 Å². The first kappa shape index (κ1) is 14.8. The maximum atomic E-state index is 11.9. The fourth-order valence-electron chi connectivity index (χ4n) is 2.12. The number of alkyl carbamates (subject to hydrolysis) is 1. The van der Waals surface area contributed by atoms with Crippen LogP contribution in [0.5, 0.6) is 0 Å². The van der Waals surface area contributed by atoms with Gasteiger partial charge in [-0.1, -0.05) is 0 Å². The smallest absolute Gasteiger partial charge is 0.407 e. The second-order valence-corrected chi connectivity index (χ2v) is 4.33. The van der Waals surface area contributed by atoms with Gasteiger partial charge in [-0.15, -0.1) is 0 Å². The highest BCUT2D eigenvalue weighted by Crippen LogP contribution is 2.24. The molecule has 0 aromatic rings. The number of esters is 1. The molecule has 1 aliphatic rings. The third-order valence-corrected chi connectivity index (χ3v) is 3.00. The lowest BCUT2D eigenvalue weighted by Crippen LogP contribution is -2.49. The second kappa shape index (κ2) is 7.20. The summed E-state index contributed by atoms with van der Waals surface area (Å²) in [5, 5.41) is 2.55. The molecule has 1 saturated heterocycles. The number of ether oxygens (including phenoxy) is 3. The van der Waals surface area contributed by atoms with E-state index in [1.807, 2.05) is 6.92 Å². The van der Waals surface area contributed by atoms with Gasteiger partial charge in [0.05, 0.1) is 19.8 Å². The van der Waals surface area contributed by atoms with Crippen molar-refractivity contribution in [3.8, 4) is 0 Å². The molecule has 1 aliphatic heterocycles. The first-order valence-electron chi connectivity index (χ1n) is 6.21. The van der Waals surface area contributed by atoms with Gasteiger partial charge < -0.3 is 19.5 Å². The fourth-order valence-corrected chi connectivity index (χ4v) is 2.12. The van der Waals surface area contributed by atoms with Gasteiger partial charge in [0, 0.05) is 6.61 Å².